The third-order valence-corrected chi connectivity index (χ3v) is 5.23. The van der Waals surface area contributed by atoms with Crippen molar-refractivity contribution in [1.29, 1.82) is 0 Å². The van der Waals surface area contributed by atoms with Crippen LogP contribution in [0.1, 0.15) is 50.2 Å². The number of benzene rings is 3. The number of hydrogen-bond donors (Lipinski definition) is 0. The van der Waals surface area contributed by atoms with Crippen LogP contribution in [0.15, 0.2) is 42.5 Å². The molecule has 0 saturated carbocycles. The summed E-state index contributed by atoms with van der Waals surface area (Å²) in [6, 6.07) is 9.22. The van der Waals surface area contributed by atoms with Crippen LogP contribution in [-0.4, -0.2) is 0 Å². The molecule has 0 amide bonds. The Morgan fingerprint density at radius 1 is 0.767 bits per heavy atom. The number of fused-ring (bicyclic) bond motifs is 1. The lowest BCUT2D eigenvalue weighted by Gasteiger charge is -2.13. The molecular weight excluding hydrogens is 402 g/mol. The van der Waals surface area contributed by atoms with Gasteiger partial charge in [0.1, 0.15) is 23.0 Å². The van der Waals surface area contributed by atoms with Crippen LogP contribution in [0, 0.1) is 17.5 Å². The number of aryl methyl sites for hydroxylation is 1. The molecular formula is C24H22F6. The molecule has 0 heterocycles. The molecule has 3 aromatic rings. The number of hydrogen-bond acceptors (Lipinski definition) is 0. The second-order valence-electron chi connectivity index (χ2n) is 7.46. The summed E-state index contributed by atoms with van der Waals surface area (Å²) in [5.41, 5.74) is -0.488. The minimum atomic E-state index is -5.14. The minimum absolute atomic E-state index is 0.0603. The molecule has 0 saturated heterocycles. The Hall–Kier alpha value is -2.50. The first-order valence-corrected chi connectivity index (χ1v) is 10.00. The van der Waals surface area contributed by atoms with Crippen molar-refractivity contribution in [1.82, 2.24) is 0 Å². The third-order valence-electron chi connectivity index (χ3n) is 5.23. The second-order valence-corrected chi connectivity index (χ2v) is 7.46. The summed E-state index contributed by atoms with van der Waals surface area (Å²) in [4.78, 5) is 0. The van der Waals surface area contributed by atoms with Crippen molar-refractivity contribution in [3.63, 3.8) is 0 Å². The molecule has 0 N–H and O–H groups in total. The van der Waals surface area contributed by atoms with Gasteiger partial charge >= 0.3 is 6.18 Å². The molecule has 0 spiro atoms. The highest BCUT2D eigenvalue weighted by Crippen LogP contribution is 2.38. The molecule has 0 aliphatic carbocycles. The molecule has 0 aromatic heterocycles. The van der Waals surface area contributed by atoms with Crippen LogP contribution in [0.4, 0.5) is 26.3 Å². The zero-order valence-electron chi connectivity index (χ0n) is 16.6. The smallest absolute Gasteiger partial charge is 0.206 e. The van der Waals surface area contributed by atoms with Gasteiger partial charge in [-0.15, -0.1) is 0 Å². The van der Waals surface area contributed by atoms with Gasteiger partial charge in [-0.25, -0.2) is 13.2 Å². The van der Waals surface area contributed by atoms with Gasteiger partial charge in [0.05, 0.1) is 0 Å². The van der Waals surface area contributed by atoms with E-state index in [1.54, 1.807) is 12.1 Å². The Morgan fingerprint density at radius 3 is 2.17 bits per heavy atom. The average Bonchev–Trinajstić information content (AvgIpc) is 2.66. The lowest BCUT2D eigenvalue weighted by atomic mass is 9.97. The highest BCUT2D eigenvalue weighted by molar-refractivity contribution is 5.88. The normalized spacial score (nSPS) is 12.0. The predicted molar refractivity (Wildman–Crippen MR) is 107 cm³/mol. The number of unbranched alkanes of at least 4 members (excludes halogenated alkanes) is 4. The fourth-order valence-corrected chi connectivity index (χ4v) is 3.64. The van der Waals surface area contributed by atoms with Crippen molar-refractivity contribution in [2.75, 3.05) is 0 Å². The molecule has 3 rings (SSSR count). The van der Waals surface area contributed by atoms with Gasteiger partial charge in [0, 0.05) is 10.9 Å². The molecule has 0 unspecified atom stereocenters. The maximum atomic E-state index is 14.6. The van der Waals surface area contributed by atoms with E-state index < -0.39 is 29.2 Å². The van der Waals surface area contributed by atoms with E-state index in [4.69, 9.17) is 0 Å². The Bertz CT molecular complexity index is 1040. The highest BCUT2D eigenvalue weighted by atomic mass is 19.4. The van der Waals surface area contributed by atoms with E-state index in [-0.39, 0.29) is 16.3 Å². The largest absolute Gasteiger partial charge is 0.422 e. The maximum absolute atomic E-state index is 14.6. The van der Waals surface area contributed by atoms with Crippen molar-refractivity contribution in [3.05, 3.63) is 71.0 Å². The van der Waals surface area contributed by atoms with Gasteiger partial charge in [0.25, 0.3) is 0 Å². The molecule has 30 heavy (non-hydrogen) atoms. The quantitative estimate of drug-likeness (QED) is 0.264. The molecule has 0 aliphatic heterocycles. The molecule has 0 radical (unpaired) electrons. The van der Waals surface area contributed by atoms with Crippen molar-refractivity contribution in [2.24, 2.45) is 0 Å². The van der Waals surface area contributed by atoms with E-state index >= 15 is 0 Å². The van der Waals surface area contributed by atoms with Gasteiger partial charge in [-0.1, -0.05) is 56.9 Å². The van der Waals surface area contributed by atoms with Crippen LogP contribution in [0.25, 0.3) is 21.9 Å². The number of halogens is 6. The van der Waals surface area contributed by atoms with E-state index in [1.807, 2.05) is 0 Å². The molecule has 0 fully saturated rings. The van der Waals surface area contributed by atoms with E-state index in [2.05, 4.69) is 6.92 Å². The van der Waals surface area contributed by atoms with Crippen LogP contribution in [-0.2, 0) is 12.6 Å². The standard InChI is InChI=1S/C24H22F6/c1-2-3-4-5-6-7-15-8-10-18(20(25)12-15)16-9-11-19-17(13-16)14-21(26)22(23(19)27)24(28,29)30/h8-14H,2-7H2,1H3. The summed E-state index contributed by atoms with van der Waals surface area (Å²) >= 11 is 0. The van der Waals surface area contributed by atoms with Crippen LogP contribution in [0.2, 0.25) is 0 Å². The first-order valence-electron chi connectivity index (χ1n) is 10.00. The van der Waals surface area contributed by atoms with Gasteiger partial charge in [0.2, 0.25) is 0 Å². The predicted octanol–water partition coefficient (Wildman–Crippen LogP) is 8.46. The SMILES string of the molecule is CCCCCCCc1ccc(-c2ccc3c(F)c(C(F)(F)F)c(F)cc3c2)c(F)c1. The maximum Gasteiger partial charge on any atom is 0.422 e. The Balaban J connectivity index is 1.88. The molecule has 6 heteroatoms. The highest BCUT2D eigenvalue weighted by Gasteiger charge is 2.38. The summed E-state index contributed by atoms with van der Waals surface area (Å²) in [6.07, 6.45) is 1.15. The van der Waals surface area contributed by atoms with Crippen molar-refractivity contribution >= 4 is 10.8 Å². The monoisotopic (exact) mass is 424 g/mol. The lowest BCUT2D eigenvalue weighted by molar-refractivity contribution is -0.142. The van der Waals surface area contributed by atoms with Crippen LogP contribution < -0.4 is 0 Å². The molecule has 0 bridgehead atoms. The van der Waals surface area contributed by atoms with Gasteiger partial charge in [-0.2, -0.15) is 13.2 Å². The number of alkyl halides is 3. The first-order chi connectivity index (χ1) is 14.2. The van der Waals surface area contributed by atoms with Crippen molar-refractivity contribution < 1.29 is 26.3 Å². The Labute approximate surface area is 171 Å². The summed E-state index contributed by atoms with van der Waals surface area (Å²) in [6.45, 7) is 2.14. The van der Waals surface area contributed by atoms with Gasteiger partial charge in [0.15, 0.2) is 0 Å². The molecule has 160 valence electrons. The second kappa shape index (κ2) is 9.11. The van der Waals surface area contributed by atoms with Gasteiger partial charge in [-0.05, 0) is 47.6 Å². The van der Waals surface area contributed by atoms with E-state index in [0.717, 1.165) is 43.7 Å². The summed E-state index contributed by atoms with van der Waals surface area (Å²) in [5.74, 6) is -3.83. The van der Waals surface area contributed by atoms with Gasteiger partial charge in [-0.3, -0.25) is 0 Å². The van der Waals surface area contributed by atoms with Crippen LogP contribution >= 0.6 is 0 Å². The third kappa shape index (κ3) is 4.79. The van der Waals surface area contributed by atoms with Crippen LogP contribution in [0.3, 0.4) is 0 Å². The summed E-state index contributed by atoms with van der Waals surface area (Å²) < 4.78 is 81.5. The summed E-state index contributed by atoms with van der Waals surface area (Å²) in [7, 11) is 0. The van der Waals surface area contributed by atoms with Gasteiger partial charge < -0.3 is 0 Å². The topological polar surface area (TPSA) is 0 Å². The minimum Gasteiger partial charge on any atom is -0.206 e. The Morgan fingerprint density at radius 2 is 1.50 bits per heavy atom. The van der Waals surface area contributed by atoms with Crippen molar-refractivity contribution in [2.45, 2.75) is 51.6 Å². The lowest BCUT2D eigenvalue weighted by Crippen LogP contribution is -2.11. The van der Waals surface area contributed by atoms with E-state index in [0.29, 0.717) is 11.6 Å². The summed E-state index contributed by atoms with van der Waals surface area (Å²) in [5, 5.41) is -0.425. The van der Waals surface area contributed by atoms with E-state index in [9.17, 15) is 26.3 Å². The number of rotatable bonds is 7. The molecule has 0 atom stereocenters. The van der Waals surface area contributed by atoms with Crippen molar-refractivity contribution in [3.8, 4) is 11.1 Å². The Kier molecular flexibility index (Phi) is 6.74. The molecule has 0 aliphatic rings. The van der Waals surface area contributed by atoms with Crippen LogP contribution in [0.5, 0.6) is 0 Å². The molecule has 3 aromatic carbocycles. The zero-order chi connectivity index (χ0) is 21.9. The average molecular weight is 424 g/mol. The zero-order valence-corrected chi connectivity index (χ0v) is 16.6. The molecule has 0 nitrogen and oxygen atoms in total. The first kappa shape index (κ1) is 22.2. The fourth-order valence-electron chi connectivity index (χ4n) is 3.64. The van der Waals surface area contributed by atoms with E-state index in [1.165, 1.54) is 24.6 Å². The fraction of sp³-hybridized carbons (Fsp3) is 0.333.